The fourth-order valence-electron chi connectivity index (χ4n) is 2.44. The number of hydrogen-bond donors (Lipinski definition) is 1. The van der Waals surface area contributed by atoms with Crippen molar-refractivity contribution >= 4 is 6.09 Å². The van der Waals surface area contributed by atoms with Gasteiger partial charge in [-0.2, -0.15) is 0 Å². The van der Waals surface area contributed by atoms with E-state index in [1.165, 1.54) is 17.7 Å². The molecule has 0 spiro atoms. The SMILES string of the molecule is CC1CC(N2CCN(C(=O)O)CC2)C1. The molecule has 0 atom stereocenters. The van der Waals surface area contributed by atoms with Crippen LogP contribution in [0.15, 0.2) is 0 Å². The molecule has 14 heavy (non-hydrogen) atoms. The molecular weight excluding hydrogens is 180 g/mol. The fraction of sp³-hybridized carbons (Fsp3) is 0.900. The molecule has 0 aromatic rings. The van der Waals surface area contributed by atoms with E-state index in [-0.39, 0.29) is 0 Å². The highest BCUT2D eigenvalue weighted by Crippen LogP contribution is 2.31. The van der Waals surface area contributed by atoms with E-state index in [0.29, 0.717) is 13.1 Å². The van der Waals surface area contributed by atoms with E-state index in [1.54, 1.807) is 0 Å². The quantitative estimate of drug-likeness (QED) is 0.685. The standard InChI is InChI=1S/C10H18N2O2/c1-8-6-9(7-8)11-2-4-12(5-3-11)10(13)14/h8-9H,2-7H2,1H3,(H,13,14). The van der Waals surface area contributed by atoms with Crippen LogP contribution in [0.25, 0.3) is 0 Å². The van der Waals surface area contributed by atoms with Gasteiger partial charge in [-0.1, -0.05) is 6.92 Å². The molecule has 1 amide bonds. The average Bonchev–Trinajstić information content (AvgIpc) is 2.13. The summed E-state index contributed by atoms with van der Waals surface area (Å²) in [4.78, 5) is 14.6. The van der Waals surface area contributed by atoms with E-state index < -0.39 is 6.09 Å². The first-order chi connectivity index (χ1) is 6.66. The number of nitrogens with zero attached hydrogens (tertiary/aromatic N) is 2. The minimum Gasteiger partial charge on any atom is -0.465 e. The molecule has 4 nitrogen and oxygen atoms in total. The van der Waals surface area contributed by atoms with Gasteiger partial charge in [0, 0.05) is 32.2 Å². The maximum Gasteiger partial charge on any atom is 0.407 e. The van der Waals surface area contributed by atoms with Crippen molar-refractivity contribution in [2.45, 2.75) is 25.8 Å². The Kier molecular flexibility index (Phi) is 2.63. The predicted octanol–water partition coefficient (Wildman–Crippen LogP) is 1.08. The normalized spacial score (nSPS) is 33.9. The molecule has 0 radical (unpaired) electrons. The second kappa shape index (κ2) is 3.77. The topological polar surface area (TPSA) is 43.8 Å². The summed E-state index contributed by atoms with van der Waals surface area (Å²) in [6.07, 6.45) is 1.83. The van der Waals surface area contributed by atoms with Crippen molar-refractivity contribution in [3.63, 3.8) is 0 Å². The van der Waals surface area contributed by atoms with Gasteiger partial charge >= 0.3 is 6.09 Å². The van der Waals surface area contributed by atoms with Gasteiger partial charge in [0.1, 0.15) is 0 Å². The van der Waals surface area contributed by atoms with Gasteiger partial charge < -0.3 is 10.0 Å². The monoisotopic (exact) mass is 198 g/mol. The lowest BCUT2D eigenvalue weighted by atomic mass is 9.80. The van der Waals surface area contributed by atoms with Crippen molar-refractivity contribution in [3.05, 3.63) is 0 Å². The third kappa shape index (κ3) is 1.85. The predicted molar refractivity (Wildman–Crippen MR) is 53.4 cm³/mol. The van der Waals surface area contributed by atoms with Crippen molar-refractivity contribution in [3.8, 4) is 0 Å². The molecule has 0 aromatic carbocycles. The van der Waals surface area contributed by atoms with Crippen LogP contribution >= 0.6 is 0 Å². The number of carbonyl (C=O) groups is 1. The lowest BCUT2D eigenvalue weighted by molar-refractivity contribution is 0.0390. The summed E-state index contributed by atoms with van der Waals surface area (Å²) in [5.74, 6) is 0.873. The van der Waals surface area contributed by atoms with Gasteiger partial charge in [0.25, 0.3) is 0 Å². The first-order valence-corrected chi connectivity index (χ1v) is 5.38. The molecular formula is C10H18N2O2. The smallest absolute Gasteiger partial charge is 0.407 e. The molecule has 4 heteroatoms. The van der Waals surface area contributed by atoms with E-state index in [1.807, 2.05) is 0 Å². The Morgan fingerprint density at radius 3 is 2.21 bits per heavy atom. The largest absolute Gasteiger partial charge is 0.465 e. The Labute approximate surface area is 84.5 Å². The number of hydrogen-bond acceptors (Lipinski definition) is 2. The summed E-state index contributed by atoms with van der Waals surface area (Å²) in [5, 5.41) is 8.78. The van der Waals surface area contributed by atoms with E-state index in [2.05, 4.69) is 11.8 Å². The van der Waals surface area contributed by atoms with Crippen LogP contribution in [0.4, 0.5) is 4.79 Å². The molecule has 1 N–H and O–H groups in total. The second-order valence-electron chi connectivity index (χ2n) is 4.54. The molecule has 1 saturated heterocycles. The lowest BCUT2D eigenvalue weighted by Crippen LogP contribution is -2.54. The first-order valence-electron chi connectivity index (χ1n) is 5.38. The number of amides is 1. The summed E-state index contributed by atoms with van der Waals surface area (Å²) < 4.78 is 0. The Morgan fingerprint density at radius 2 is 1.79 bits per heavy atom. The van der Waals surface area contributed by atoms with Crippen LogP contribution in [-0.2, 0) is 0 Å². The van der Waals surface area contributed by atoms with Crippen LogP contribution < -0.4 is 0 Å². The molecule has 80 valence electrons. The van der Waals surface area contributed by atoms with Crippen molar-refractivity contribution in [1.82, 2.24) is 9.80 Å². The second-order valence-corrected chi connectivity index (χ2v) is 4.54. The van der Waals surface area contributed by atoms with E-state index in [4.69, 9.17) is 5.11 Å². The highest BCUT2D eigenvalue weighted by Gasteiger charge is 2.33. The average molecular weight is 198 g/mol. The van der Waals surface area contributed by atoms with Crippen LogP contribution in [0.3, 0.4) is 0 Å². The van der Waals surface area contributed by atoms with Crippen LogP contribution in [-0.4, -0.2) is 53.2 Å². The molecule has 2 aliphatic rings. The van der Waals surface area contributed by atoms with E-state index >= 15 is 0 Å². The van der Waals surface area contributed by atoms with Crippen LogP contribution in [0.2, 0.25) is 0 Å². The zero-order valence-electron chi connectivity index (χ0n) is 8.65. The molecule has 1 heterocycles. The van der Waals surface area contributed by atoms with Crippen molar-refractivity contribution in [1.29, 1.82) is 0 Å². The summed E-state index contributed by atoms with van der Waals surface area (Å²) >= 11 is 0. The zero-order valence-corrected chi connectivity index (χ0v) is 8.65. The van der Waals surface area contributed by atoms with Crippen LogP contribution in [0, 0.1) is 5.92 Å². The number of rotatable bonds is 1. The third-order valence-electron chi connectivity index (χ3n) is 3.45. The molecule has 1 aliphatic carbocycles. The summed E-state index contributed by atoms with van der Waals surface area (Å²) in [7, 11) is 0. The molecule has 0 aromatic heterocycles. The van der Waals surface area contributed by atoms with Crippen molar-refractivity contribution < 1.29 is 9.90 Å². The van der Waals surface area contributed by atoms with E-state index in [9.17, 15) is 4.79 Å². The van der Waals surface area contributed by atoms with Gasteiger partial charge in [0.15, 0.2) is 0 Å². The Bertz CT molecular complexity index is 218. The molecule has 2 rings (SSSR count). The zero-order chi connectivity index (χ0) is 10.1. The molecule has 2 fully saturated rings. The molecule has 0 unspecified atom stereocenters. The van der Waals surface area contributed by atoms with Gasteiger partial charge in [-0.15, -0.1) is 0 Å². The minimum atomic E-state index is -0.772. The molecule has 0 bridgehead atoms. The Hall–Kier alpha value is -0.770. The van der Waals surface area contributed by atoms with Crippen molar-refractivity contribution in [2.75, 3.05) is 26.2 Å². The Balaban J connectivity index is 1.76. The minimum absolute atomic E-state index is 0.681. The molecule has 1 aliphatic heterocycles. The highest BCUT2D eigenvalue weighted by molar-refractivity contribution is 5.65. The highest BCUT2D eigenvalue weighted by atomic mass is 16.4. The molecule has 1 saturated carbocycles. The third-order valence-corrected chi connectivity index (χ3v) is 3.45. The van der Waals surface area contributed by atoms with Crippen molar-refractivity contribution in [2.24, 2.45) is 5.92 Å². The number of piperazine rings is 1. The van der Waals surface area contributed by atoms with Gasteiger partial charge in [0.2, 0.25) is 0 Å². The maximum atomic E-state index is 10.7. The van der Waals surface area contributed by atoms with E-state index in [0.717, 1.165) is 25.0 Å². The summed E-state index contributed by atoms with van der Waals surface area (Å²) in [6.45, 7) is 5.48. The lowest BCUT2D eigenvalue weighted by Gasteiger charge is -2.45. The van der Waals surface area contributed by atoms with Gasteiger partial charge in [0.05, 0.1) is 0 Å². The van der Waals surface area contributed by atoms with Gasteiger partial charge in [-0.25, -0.2) is 4.79 Å². The first kappa shape index (κ1) is 9.77. The maximum absolute atomic E-state index is 10.7. The van der Waals surface area contributed by atoms with Gasteiger partial charge in [-0.3, -0.25) is 4.90 Å². The van der Waals surface area contributed by atoms with Gasteiger partial charge in [-0.05, 0) is 18.8 Å². The fourth-order valence-corrected chi connectivity index (χ4v) is 2.44. The Morgan fingerprint density at radius 1 is 1.21 bits per heavy atom. The van der Waals surface area contributed by atoms with Crippen LogP contribution in [0.5, 0.6) is 0 Å². The summed E-state index contributed by atoms with van der Waals surface area (Å²) in [5.41, 5.74) is 0. The number of carboxylic acid groups (broad SMARTS) is 1. The summed E-state index contributed by atoms with van der Waals surface area (Å²) in [6, 6.07) is 0.737. The van der Waals surface area contributed by atoms with Crippen LogP contribution in [0.1, 0.15) is 19.8 Å².